The number of hydrogen-bond acceptors (Lipinski definition) is 5. The number of H-pyrrole nitrogens is 1. The van der Waals surface area contributed by atoms with E-state index in [1.807, 2.05) is 24.8 Å². The van der Waals surface area contributed by atoms with E-state index in [9.17, 15) is 14.0 Å². The first-order chi connectivity index (χ1) is 16.3. The summed E-state index contributed by atoms with van der Waals surface area (Å²) in [5.41, 5.74) is 1.05. The Morgan fingerprint density at radius 2 is 2.03 bits per heavy atom. The Bertz CT molecular complexity index is 1320. The van der Waals surface area contributed by atoms with Crippen LogP contribution in [-0.2, 0) is 13.0 Å². The van der Waals surface area contributed by atoms with E-state index in [-0.39, 0.29) is 46.6 Å². The molecule has 3 heterocycles. The average Bonchev–Trinajstić information content (AvgIpc) is 3.64. The second kappa shape index (κ2) is 8.79. The van der Waals surface area contributed by atoms with Gasteiger partial charge in [-0.2, -0.15) is 4.39 Å². The van der Waals surface area contributed by atoms with E-state index in [0.29, 0.717) is 36.0 Å². The maximum atomic E-state index is 15.1. The molecule has 2 aromatic heterocycles. The number of aryl methyl sites for hydroxylation is 1. The summed E-state index contributed by atoms with van der Waals surface area (Å²) >= 11 is 0. The number of fused-ring (bicyclic) bond motifs is 1. The topological polar surface area (TPSA) is 87.3 Å². The molecular formula is C25H26F2N4O3. The molecule has 1 aromatic carbocycles. The largest absolute Gasteiger partial charge is 0.483 e. The van der Waals surface area contributed by atoms with Crippen LogP contribution in [0.25, 0.3) is 10.9 Å². The summed E-state index contributed by atoms with van der Waals surface area (Å²) in [5, 5.41) is 3.43. The fraction of sp³-hybridized carbons (Fsp3) is 0.400. The molecule has 1 aliphatic carbocycles. The van der Waals surface area contributed by atoms with Crippen LogP contribution >= 0.6 is 0 Å². The summed E-state index contributed by atoms with van der Waals surface area (Å²) in [6.45, 7) is 4.62. The standard InChI is InChI=1S/C25H26F2N4O3/c1-3-14-10-15-4-5-16(21(26)22(15)30-24(14)32)11-31-12-20(13(31)2)34-19-9-8-18(29-23(19)27)25(33)28-17-6-7-17/h4-5,8-10,13,17,20H,3,6-7,11-12H2,1-2H3,(H,28,33)(H,30,32)/t13-,20-/m0/s1. The van der Waals surface area contributed by atoms with Gasteiger partial charge < -0.3 is 15.0 Å². The normalized spacial score (nSPS) is 20.2. The highest BCUT2D eigenvalue weighted by atomic mass is 19.1. The molecule has 1 aliphatic heterocycles. The van der Waals surface area contributed by atoms with Crippen LogP contribution in [0.2, 0.25) is 0 Å². The minimum Gasteiger partial charge on any atom is -0.483 e. The molecule has 0 radical (unpaired) electrons. The lowest BCUT2D eigenvalue weighted by atomic mass is 9.99. The molecule has 178 valence electrons. The highest BCUT2D eigenvalue weighted by Gasteiger charge is 2.38. The van der Waals surface area contributed by atoms with Gasteiger partial charge in [0.15, 0.2) is 11.6 Å². The van der Waals surface area contributed by atoms with Crippen molar-refractivity contribution in [1.29, 1.82) is 0 Å². The number of likely N-dealkylation sites (tertiary alicyclic amines) is 1. The van der Waals surface area contributed by atoms with Gasteiger partial charge in [0.05, 0.1) is 5.52 Å². The van der Waals surface area contributed by atoms with E-state index in [1.165, 1.54) is 12.1 Å². The maximum Gasteiger partial charge on any atom is 0.270 e. The molecule has 1 saturated heterocycles. The fourth-order valence-electron chi connectivity index (χ4n) is 4.21. The van der Waals surface area contributed by atoms with Gasteiger partial charge in [-0.15, -0.1) is 0 Å². The number of pyridine rings is 2. The van der Waals surface area contributed by atoms with Crippen molar-refractivity contribution in [2.24, 2.45) is 0 Å². The lowest BCUT2D eigenvalue weighted by molar-refractivity contribution is -0.0437. The Balaban J connectivity index is 1.23. The van der Waals surface area contributed by atoms with Crippen LogP contribution in [0.3, 0.4) is 0 Å². The molecule has 9 heteroatoms. The van der Waals surface area contributed by atoms with Crippen molar-refractivity contribution in [3.05, 3.63) is 69.3 Å². The number of hydrogen-bond donors (Lipinski definition) is 2. The summed E-state index contributed by atoms with van der Waals surface area (Å²) in [7, 11) is 0. The predicted molar refractivity (Wildman–Crippen MR) is 123 cm³/mol. The highest BCUT2D eigenvalue weighted by molar-refractivity contribution is 5.92. The van der Waals surface area contributed by atoms with Gasteiger partial charge in [0.2, 0.25) is 0 Å². The number of ether oxygens (including phenoxy) is 1. The first-order valence-electron chi connectivity index (χ1n) is 11.6. The van der Waals surface area contributed by atoms with Crippen molar-refractivity contribution in [2.45, 2.75) is 57.8 Å². The van der Waals surface area contributed by atoms with Crippen LogP contribution in [0.5, 0.6) is 5.75 Å². The summed E-state index contributed by atoms with van der Waals surface area (Å²) in [6.07, 6.45) is 2.16. The van der Waals surface area contributed by atoms with E-state index in [4.69, 9.17) is 4.74 Å². The number of aromatic amines is 1. The predicted octanol–water partition coefficient (Wildman–Crippen LogP) is 3.31. The van der Waals surface area contributed by atoms with E-state index in [0.717, 1.165) is 12.8 Å². The lowest BCUT2D eigenvalue weighted by Crippen LogP contribution is -2.60. The molecule has 3 aromatic rings. The van der Waals surface area contributed by atoms with Crippen molar-refractivity contribution in [3.63, 3.8) is 0 Å². The Morgan fingerprint density at radius 1 is 1.24 bits per heavy atom. The Kier molecular flexibility index (Phi) is 5.81. The first-order valence-corrected chi connectivity index (χ1v) is 11.6. The number of carbonyl (C=O) groups excluding carboxylic acids is 1. The fourth-order valence-corrected chi connectivity index (χ4v) is 4.21. The van der Waals surface area contributed by atoms with Crippen LogP contribution in [0.15, 0.2) is 35.1 Å². The zero-order valence-electron chi connectivity index (χ0n) is 19.0. The minimum atomic E-state index is -0.829. The zero-order valence-corrected chi connectivity index (χ0v) is 19.0. The molecule has 1 saturated carbocycles. The molecule has 1 amide bonds. The number of halogens is 2. The second-order valence-electron chi connectivity index (χ2n) is 9.04. The van der Waals surface area contributed by atoms with Gasteiger partial charge in [0, 0.05) is 41.7 Å². The number of aromatic nitrogens is 2. The van der Waals surface area contributed by atoms with Crippen molar-refractivity contribution in [1.82, 2.24) is 20.2 Å². The second-order valence-corrected chi connectivity index (χ2v) is 9.04. The molecule has 0 bridgehead atoms. The Hall–Kier alpha value is -3.33. The van der Waals surface area contributed by atoms with Crippen molar-refractivity contribution >= 4 is 16.8 Å². The quantitative estimate of drug-likeness (QED) is 0.520. The third-order valence-corrected chi connectivity index (χ3v) is 6.63. The summed E-state index contributed by atoms with van der Waals surface area (Å²) < 4.78 is 35.3. The van der Waals surface area contributed by atoms with Crippen LogP contribution in [0.4, 0.5) is 8.78 Å². The van der Waals surface area contributed by atoms with E-state index in [2.05, 4.69) is 15.3 Å². The van der Waals surface area contributed by atoms with Crippen LogP contribution in [-0.4, -0.2) is 45.5 Å². The summed E-state index contributed by atoms with van der Waals surface area (Å²) in [6, 6.07) is 8.20. The number of nitrogens with one attached hydrogen (secondary N) is 2. The third-order valence-electron chi connectivity index (χ3n) is 6.63. The van der Waals surface area contributed by atoms with Crippen LogP contribution in [0, 0.1) is 11.8 Å². The first kappa shape index (κ1) is 22.5. The summed E-state index contributed by atoms with van der Waals surface area (Å²) in [5.74, 6) is -1.67. The molecule has 5 rings (SSSR count). The van der Waals surface area contributed by atoms with Crippen LogP contribution < -0.4 is 15.6 Å². The molecule has 2 N–H and O–H groups in total. The lowest BCUT2D eigenvalue weighted by Gasteiger charge is -2.45. The zero-order chi connectivity index (χ0) is 24.0. The van der Waals surface area contributed by atoms with E-state index >= 15 is 4.39 Å². The highest BCUT2D eigenvalue weighted by Crippen LogP contribution is 2.29. The molecule has 2 fully saturated rings. The monoisotopic (exact) mass is 468 g/mol. The third kappa shape index (κ3) is 4.27. The molecule has 2 atom stereocenters. The van der Waals surface area contributed by atoms with E-state index in [1.54, 1.807) is 12.1 Å². The smallest absolute Gasteiger partial charge is 0.270 e. The van der Waals surface area contributed by atoms with Gasteiger partial charge in [0.1, 0.15) is 11.8 Å². The summed E-state index contributed by atoms with van der Waals surface area (Å²) in [4.78, 5) is 32.6. The van der Waals surface area contributed by atoms with Gasteiger partial charge in [-0.3, -0.25) is 14.5 Å². The van der Waals surface area contributed by atoms with Crippen LogP contribution in [0.1, 0.15) is 48.3 Å². The van der Waals surface area contributed by atoms with Crippen molar-refractivity contribution in [2.75, 3.05) is 6.54 Å². The van der Waals surface area contributed by atoms with Gasteiger partial charge in [-0.05, 0) is 44.4 Å². The SMILES string of the molecule is CCc1cc2ccc(CN3C[C@H](Oc4ccc(C(=O)NC5CC5)nc4F)[C@@H]3C)c(F)c2[nH]c1=O. The number of nitrogens with zero attached hydrogens (tertiary/aromatic N) is 2. The van der Waals surface area contributed by atoms with E-state index < -0.39 is 11.8 Å². The van der Waals surface area contributed by atoms with Crippen molar-refractivity contribution in [3.8, 4) is 5.75 Å². The van der Waals surface area contributed by atoms with Gasteiger partial charge >= 0.3 is 0 Å². The van der Waals surface area contributed by atoms with Gasteiger partial charge in [-0.1, -0.05) is 19.1 Å². The minimum absolute atomic E-state index is 0.0133. The number of rotatable bonds is 7. The molecule has 0 unspecified atom stereocenters. The molecular weight excluding hydrogens is 442 g/mol. The number of benzene rings is 1. The molecule has 2 aliphatic rings. The maximum absolute atomic E-state index is 15.1. The molecule has 0 spiro atoms. The van der Waals surface area contributed by atoms with Gasteiger partial charge in [0.25, 0.3) is 17.4 Å². The molecule has 7 nitrogen and oxygen atoms in total. The Labute approximate surface area is 195 Å². The number of carbonyl (C=O) groups is 1. The van der Waals surface area contributed by atoms with Gasteiger partial charge in [-0.25, -0.2) is 9.37 Å². The number of amides is 1. The molecule has 34 heavy (non-hydrogen) atoms. The Morgan fingerprint density at radius 3 is 2.71 bits per heavy atom. The average molecular weight is 469 g/mol. The van der Waals surface area contributed by atoms with Crippen molar-refractivity contribution < 1.29 is 18.3 Å².